The zero-order valence-corrected chi connectivity index (χ0v) is 10.5. The molecular formula is C12H19NO4. The highest BCUT2D eigenvalue weighted by molar-refractivity contribution is 5.88. The maximum atomic E-state index is 10.9. The van der Waals surface area contributed by atoms with E-state index in [0.29, 0.717) is 18.9 Å². The van der Waals surface area contributed by atoms with Gasteiger partial charge in [-0.05, 0) is 19.5 Å². The Morgan fingerprint density at radius 3 is 2.88 bits per heavy atom. The molecule has 1 aromatic rings. The van der Waals surface area contributed by atoms with E-state index >= 15 is 0 Å². The van der Waals surface area contributed by atoms with Gasteiger partial charge in [0.05, 0.1) is 19.4 Å². The van der Waals surface area contributed by atoms with Crippen LogP contribution in [0.5, 0.6) is 0 Å². The second-order valence-corrected chi connectivity index (χ2v) is 3.93. The van der Waals surface area contributed by atoms with Gasteiger partial charge in [-0.25, -0.2) is 4.79 Å². The van der Waals surface area contributed by atoms with Crippen LogP contribution in [0.4, 0.5) is 0 Å². The van der Waals surface area contributed by atoms with E-state index in [0.717, 1.165) is 6.54 Å². The van der Waals surface area contributed by atoms with Crippen molar-refractivity contribution in [2.45, 2.75) is 26.4 Å². The van der Waals surface area contributed by atoms with Crippen molar-refractivity contribution < 1.29 is 19.1 Å². The molecule has 0 aliphatic heterocycles. The zero-order valence-electron chi connectivity index (χ0n) is 10.5. The lowest BCUT2D eigenvalue weighted by Crippen LogP contribution is -2.35. The van der Waals surface area contributed by atoms with Crippen molar-refractivity contribution in [1.29, 1.82) is 0 Å². The minimum absolute atomic E-state index is 0.219. The van der Waals surface area contributed by atoms with E-state index in [-0.39, 0.29) is 11.6 Å². The van der Waals surface area contributed by atoms with Crippen molar-refractivity contribution in [2.75, 3.05) is 20.3 Å². The molecule has 0 fully saturated rings. The summed E-state index contributed by atoms with van der Waals surface area (Å²) in [6, 6.07) is 1.70. The molecule has 0 spiro atoms. The van der Waals surface area contributed by atoms with Crippen molar-refractivity contribution >= 4 is 5.97 Å². The van der Waals surface area contributed by atoms with Crippen LogP contribution >= 0.6 is 0 Å². The van der Waals surface area contributed by atoms with Crippen molar-refractivity contribution in [3.8, 4) is 0 Å². The molecule has 0 saturated carbocycles. The SMILES string of the molecule is CCN(Cc1occc1C(=O)O)C(C)COC. The second-order valence-electron chi connectivity index (χ2n) is 3.93. The summed E-state index contributed by atoms with van der Waals surface area (Å²) >= 11 is 0. The maximum absolute atomic E-state index is 10.9. The summed E-state index contributed by atoms with van der Waals surface area (Å²) in [5.41, 5.74) is 0.230. The molecule has 0 aromatic carbocycles. The van der Waals surface area contributed by atoms with Crippen molar-refractivity contribution in [3.63, 3.8) is 0 Å². The number of ether oxygens (including phenoxy) is 1. The number of aromatic carboxylic acids is 1. The molecule has 0 bridgehead atoms. The third-order valence-electron chi connectivity index (χ3n) is 2.76. The lowest BCUT2D eigenvalue weighted by atomic mass is 10.2. The van der Waals surface area contributed by atoms with Gasteiger partial charge in [0, 0.05) is 13.2 Å². The fraction of sp³-hybridized carbons (Fsp3) is 0.583. The van der Waals surface area contributed by atoms with E-state index in [9.17, 15) is 4.79 Å². The van der Waals surface area contributed by atoms with E-state index in [2.05, 4.69) is 4.90 Å². The number of carbonyl (C=O) groups is 1. The third-order valence-corrected chi connectivity index (χ3v) is 2.76. The summed E-state index contributed by atoms with van der Waals surface area (Å²) in [5, 5.41) is 8.98. The van der Waals surface area contributed by atoms with E-state index in [1.165, 1.54) is 12.3 Å². The van der Waals surface area contributed by atoms with Gasteiger partial charge in [0.2, 0.25) is 0 Å². The number of carboxylic acid groups (broad SMARTS) is 1. The van der Waals surface area contributed by atoms with Gasteiger partial charge in [-0.2, -0.15) is 0 Å². The van der Waals surface area contributed by atoms with Crippen molar-refractivity contribution in [1.82, 2.24) is 4.90 Å². The summed E-state index contributed by atoms with van der Waals surface area (Å²) in [7, 11) is 1.65. The highest BCUT2D eigenvalue weighted by Gasteiger charge is 2.19. The minimum atomic E-state index is -0.954. The van der Waals surface area contributed by atoms with Crippen LogP contribution in [0, 0.1) is 0 Å². The van der Waals surface area contributed by atoms with Crippen LogP contribution in [-0.2, 0) is 11.3 Å². The monoisotopic (exact) mass is 241 g/mol. The molecule has 1 heterocycles. The number of hydrogen-bond acceptors (Lipinski definition) is 4. The van der Waals surface area contributed by atoms with E-state index in [1.54, 1.807) is 7.11 Å². The minimum Gasteiger partial charge on any atom is -0.478 e. The van der Waals surface area contributed by atoms with Gasteiger partial charge < -0.3 is 14.3 Å². The first kappa shape index (κ1) is 13.7. The highest BCUT2D eigenvalue weighted by atomic mass is 16.5. The average Bonchev–Trinajstić information content (AvgIpc) is 2.74. The molecule has 96 valence electrons. The summed E-state index contributed by atoms with van der Waals surface area (Å²) in [4.78, 5) is 13.1. The second kappa shape index (κ2) is 6.42. The highest BCUT2D eigenvalue weighted by Crippen LogP contribution is 2.15. The van der Waals surface area contributed by atoms with Gasteiger partial charge in [0.25, 0.3) is 0 Å². The Morgan fingerprint density at radius 2 is 2.35 bits per heavy atom. The molecule has 5 heteroatoms. The van der Waals surface area contributed by atoms with Gasteiger partial charge in [0.15, 0.2) is 0 Å². The maximum Gasteiger partial charge on any atom is 0.339 e. The van der Waals surface area contributed by atoms with Crippen LogP contribution in [-0.4, -0.2) is 42.3 Å². The Labute approximate surface area is 101 Å². The van der Waals surface area contributed by atoms with Crippen molar-refractivity contribution in [2.24, 2.45) is 0 Å². The average molecular weight is 241 g/mol. The van der Waals surface area contributed by atoms with Crippen LogP contribution < -0.4 is 0 Å². The molecule has 1 aromatic heterocycles. The van der Waals surface area contributed by atoms with Gasteiger partial charge in [-0.15, -0.1) is 0 Å². The van der Waals surface area contributed by atoms with Crippen molar-refractivity contribution in [3.05, 3.63) is 23.7 Å². The topological polar surface area (TPSA) is 62.9 Å². The Hall–Kier alpha value is -1.33. The summed E-state index contributed by atoms with van der Waals surface area (Å²) in [6.07, 6.45) is 1.41. The van der Waals surface area contributed by atoms with E-state index < -0.39 is 5.97 Å². The Bertz CT molecular complexity index is 361. The third kappa shape index (κ3) is 3.57. The van der Waals surface area contributed by atoms with Gasteiger partial charge in [-0.3, -0.25) is 4.90 Å². The number of carboxylic acids is 1. The number of likely N-dealkylation sites (N-methyl/N-ethyl adjacent to an activating group) is 1. The van der Waals surface area contributed by atoms with Gasteiger partial charge >= 0.3 is 5.97 Å². The van der Waals surface area contributed by atoms with Gasteiger partial charge in [-0.1, -0.05) is 6.92 Å². The Morgan fingerprint density at radius 1 is 1.65 bits per heavy atom. The summed E-state index contributed by atoms with van der Waals surface area (Å²) in [5.74, 6) is -0.466. The lowest BCUT2D eigenvalue weighted by molar-refractivity contribution is 0.0686. The first-order chi connectivity index (χ1) is 8.10. The smallest absolute Gasteiger partial charge is 0.339 e. The van der Waals surface area contributed by atoms with Crippen LogP contribution in [0.1, 0.15) is 30.0 Å². The molecular weight excluding hydrogens is 222 g/mol. The van der Waals surface area contributed by atoms with Gasteiger partial charge in [0.1, 0.15) is 11.3 Å². The summed E-state index contributed by atoms with van der Waals surface area (Å²) < 4.78 is 10.3. The molecule has 0 saturated heterocycles. The molecule has 1 rings (SSSR count). The fourth-order valence-corrected chi connectivity index (χ4v) is 1.76. The largest absolute Gasteiger partial charge is 0.478 e. The number of furan rings is 1. The first-order valence-electron chi connectivity index (χ1n) is 5.62. The number of nitrogens with zero attached hydrogens (tertiary/aromatic N) is 1. The first-order valence-corrected chi connectivity index (χ1v) is 5.62. The van der Waals surface area contributed by atoms with Crippen LogP contribution in [0.15, 0.2) is 16.7 Å². The molecule has 0 aliphatic rings. The molecule has 1 atom stereocenters. The van der Waals surface area contributed by atoms with Crippen LogP contribution in [0.3, 0.4) is 0 Å². The normalized spacial score (nSPS) is 12.9. The summed E-state index contributed by atoms with van der Waals surface area (Å²) in [6.45, 7) is 5.96. The van der Waals surface area contributed by atoms with Crippen LogP contribution in [0.2, 0.25) is 0 Å². The standard InChI is InChI=1S/C12H19NO4/c1-4-13(9(2)8-16-3)7-11-10(12(14)15)5-6-17-11/h5-6,9H,4,7-8H2,1-3H3,(H,14,15). The Balaban J connectivity index is 2.73. The number of hydrogen-bond donors (Lipinski definition) is 1. The predicted molar refractivity (Wildman–Crippen MR) is 63.1 cm³/mol. The Kier molecular flexibility index (Phi) is 5.18. The fourth-order valence-electron chi connectivity index (χ4n) is 1.76. The zero-order chi connectivity index (χ0) is 12.8. The quantitative estimate of drug-likeness (QED) is 0.789. The van der Waals surface area contributed by atoms with E-state index in [1.807, 2.05) is 13.8 Å². The number of rotatable bonds is 7. The van der Waals surface area contributed by atoms with Crippen LogP contribution in [0.25, 0.3) is 0 Å². The molecule has 0 radical (unpaired) electrons. The predicted octanol–water partition coefficient (Wildman–Crippen LogP) is 1.83. The molecule has 5 nitrogen and oxygen atoms in total. The molecule has 0 amide bonds. The van der Waals surface area contributed by atoms with E-state index in [4.69, 9.17) is 14.3 Å². The molecule has 0 aliphatic carbocycles. The lowest BCUT2D eigenvalue weighted by Gasteiger charge is -2.26. The number of methoxy groups -OCH3 is 1. The molecule has 17 heavy (non-hydrogen) atoms. The molecule has 1 unspecified atom stereocenters. The molecule has 1 N–H and O–H groups in total.